The summed E-state index contributed by atoms with van der Waals surface area (Å²) in [6.45, 7) is 4.68. The van der Waals surface area contributed by atoms with Gasteiger partial charge in [0.25, 0.3) is 5.91 Å². The van der Waals surface area contributed by atoms with E-state index >= 15 is 0 Å². The Kier molecular flexibility index (Phi) is 5.59. The van der Waals surface area contributed by atoms with Crippen molar-refractivity contribution in [3.05, 3.63) is 72.1 Å². The van der Waals surface area contributed by atoms with Crippen molar-refractivity contribution in [2.45, 2.75) is 26.3 Å². The van der Waals surface area contributed by atoms with Gasteiger partial charge in [0, 0.05) is 22.9 Å². The number of aromatic nitrogens is 2. The van der Waals surface area contributed by atoms with Gasteiger partial charge in [0.05, 0.1) is 5.69 Å². The van der Waals surface area contributed by atoms with Crippen LogP contribution in [0.4, 0.5) is 11.5 Å². The summed E-state index contributed by atoms with van der Waals surface area (Å²) in [6, 6.07) is 18.4. The molecule has 1 aromatic heterocycles. The number of anilines is 2. The number of amides is 1. The minimum Gasteiger partial charge on any atom is -0.480 e. The summed E-state index contributed by atoms with van der Waals surface area (Å²) in [7, 11) is 0. The maximum atomic E-state index is 12.4. The highest BCUT2D eigenvalue weighted by Gasteiger charge is 2.29. The third-order valence-electron chi connectivity index (χ3n) is 4.27. The van der Waals surface area contributed by atoms with Gasteiger partial charge in [0.2, 0.25) is 0 Å². The number of nitrogens with one attached hydrogen (secondary N) is 2. The molecule has 7 heteroatoms. The summed E-state index contributed by atoms with van der Waals surface area (Å²) >= 11 is 0. The lowest BCUT2D eigenvalue weighted by Gasteiger charge is -2.21. The zero-order chi connectivity index (χ0) is 21.0. The normalized spacial score (nSPS) is 11.0. The molecule has 1 amide bonds. The first-order chi connectivity index (χ1) is 13.7. The fourth-order valence-electron chi connectivity index (χ4n) is 2.68. The van der Waals surface area contributed by atoms with E-state index in [0.717, 1.165) is 11.3 Å². The molecule has 3 aromatic rings. The maximum absolute atomic E-state index is 12.4. The molecule has 29 heavy (non-hydrogen) atoms. The minimum absolute atomic E-state index is 0.346. The van der Waals surface area contributed by atoms with Crippen molar-refractivity contribution < 1.29 is 14.7 Å². The fraction of sp³-hybridized carbons (Fsp3) is 0.182. The first-order valence-electron chi connectivity index (χ1n) is 9.09. The number of aliphatic carboxylic acids is 1. The lowest BCUT2D eigenvalue weighted by Crippen LogP contribution is -2.49. The van der Waals surface area contributed by atoms with E-state index in [4.69, 9.17) is 0 Å². The Morgan fingerprint density at radius 2 is 1.69 bits per heavy atom. The molecular formula is C22H22N4O3. The van der Waals surface area contributed by atoms with E-state index in [1.54, 1.807) is 24.3 Å². The van der Waals surface area contributed by atoms with Crippen LogP contribution in [-0.4, -0.2) is 32.5 Å². The molecule has 148 valence electrons. The van der Waals surface area contributed by atoms with E-state index in [9.17, 15) is 14.7 Å². The first-order valence-corrected chi connectivity index (χ1v) is 9.09. The molecule has 0 spiro atoms. The van der Waals surface area contributed by atoms with E-state index in [1.165, 1.54) is 13.8 Å². The van der Waals surface area contributed by atoms with Crippen molar-refractivity contribution in [2.75, 3.05) is 5.32 Å². The molecule has 7 nitrogen and oxygen atoms in total. The van der Waals surface area contributed by atoms with Crippen molar-refractivity contribution in [1.29, 1.82) is 0 Å². The Balaban J connectivity index is 1.83. The monoisotopic (exact) mass is 390 g/mol. The van der Waals surface area contributed by atoms with Crippen LogP contribution in [0, 0.1) is 6.92 Å². The van der Waals surface area contributed by atoms with Crippen LogP contribution in [0.5, 0.6) is 0 Å². The van der Waals surface area contributed by atoms with E-state index in [0.29, 0.717) is 22.9 Å². The predicted octanol–water partition coefficient (Wildman–Crippen LogP) is 3.79. The molecule has 3 rings (SSSR count). The largest absolute Gasteiger partial charge is 0.480 e. The van der Waals surface area contributed by atoms with E-state index < -0.39 is 17.4 Å². The number of carbonyl (C=O) groups is 2. The van der Waals surface area contributed by atoms with Crippen molar-refractivity contribution in [2.24, 2.45) is 0 Å². The number of carbonyl (C=O) groups excluding carboxylic acids is 1. The molecule has 0 unspecified atom stereocenters. The Morgan fingerprint density at radius 1 is 0.966 bits per heavy atom. The highest BCUT2D eigenvalue weighted by molar-refractivity contribution is 5.98. The van der Waals surface area contributed by atoms with Gasteiger partial charge in [-0.1, -0.05) is 36.4 Å². The van der Waals surface area contributed by atoms with E-state index in [1.807, 2.05) is 43.3 Å². The van der Waals surface area contributed by atoms with Crippen LogP contribution in [0.15, 0.2) is 60.7 Å². The topological polar surface area (TPSA) is 104 Å². The lowest BCUT2D eigenvalue weighted by atomic mass is 10.1. The van der Waals surface area contributed by atoms with Crippen LogP contribution < -0.4 is 10.6 Å². The average molecular weight is 390 g/mol. The highest BCUT2D eigenvalue weighted by Crippen LogP contribution is 2.22. The number of carboxylic acids is 1. The van der Waals surface area contributed by atoms with Gasteiger partial charge in [-0.2, -0.15) is 0 Å². The lowest BCUT2D eigenvalue weighted by molar-refractivity contribution is -0.143. The van der Waals surface area contributed by atoms with Crippen LogP contribution in [0.2, 0.25) is 0 Å². The molecule has 1 heterocycles. The van der Waals surface area contributed by atoms with Gasteiger partial charge in [0.15, 0.2) is 0 Å². The van der Waals surface area contributed by atoms with Crippen LogP contribution in [0.3, 0.4) is 0 Å². The second kappa shape index (κ2) is 8.10. The van der Waals surface area contributed by atoms with Crippen molar-refractivity contribution in [3.8, 4) is 11.3 Å². The minimum atomic E-state index is -1.37. The molecule has 0 aliphatic rings. The Bertz CT molecular complexity index is 1050. The molecule has 0 saturated heterocycles. The molecule has 0 fully saturated rings. The average Bonchev–Trinajstić information content (AvgIpc) is 2.68. The summed E-state index contributed by atoms with van der Waals surface area (Å²) in [6.07, 6.45) is 0. The first kappa shape index (κ1) is 20.0. The van der Waals surface area contributed by atoms with Crippen LogP contribution in [-0.2, 0) is 4.79 Å². The molecule has 0 radical (unpaired) electrons. The van der Waals surface area contributed by atoms with E-state index in [-0.39, 0.29) is 0 Å². The summed E-state index contributed by atoms with van der Waals surface area (Å²) in [5.74, 6) is -0.361. The SMILES string of the molecule is Cc1nc(Nc2cccc(C(=O)NC(C)(C)C(=O)O)c2)cc(-c2ccccc2)n1. The Hall–Kier alpha value is -3.74. The molecule has 0 atom stereocenters. The van der Waals surface area contributed by atoms with Crippen molar-refractivity contribution >= 4 is 23.4 Å². The van der Waals surface area contributed by atoms with Gasteiger partial charge in [-0.05, 0) is 39.0 Å². The van der Waals surface area contributed by atoms with Crippen LogP contribution in [0.1, 0.15) is 30.0 Å². The fourth-order valence-corrected chi connectivity index (χ4v) is 2.68. The second-order valence-electron chi connectivity index (χ2n) is 7.14. The zero-order valence-electron chi connectivity index (χ0n) is 16.4. The highest BCUT2D eigenvalue weighted by atomic mass is 16.4. The Morgan fingerprint density at radius 3 is 2.38 bits per heavy atom. The van der Waals surface area contributed by atoms with Gasteiger partial charge in [-0.3, -0.25) is 4.79 Å². The van der Waals surface area contributed by atoms with Gasteiger partial charge in [-0.15, -0.1) is 0 Å². The van der Waals surface area contributed by atoms with E-state index in [2.05, 4.69) is 20.6 Å². The van der Waals surface area contributed by atoms with Crippen molar-refractivity contribution in [3.63, 3.8) is 0 Å². The molecule has 0 bridgehead atoms. The molecule has 0 aliphatic heterocycles. The number of hydrogen-bond acceptors (Lipinski definition) is 5. The predicted molar refractivity (Wildman–Crippen MR) is 111 cm³/mol. The standard InChI is InChI=1S/C22H22N4O3/c1-14-23-18(15-8-5-4-6-9-15)13-19(24-14)25-17-11-7-10-16(12-17)20(27)26-22(2,3)21(28)29/h4-13H,1-3H3,(H,26,27)(H,28,29)(H,23,24,25). The quantitative estimate of drug-likeness (QED) is 0.592. The third-order valence-corrected chi connectivity index (χ3v) is 4.27. The number of carboxylic acid groups (broad SMARTS) is 1. The summed E-state index contributed by atoms with van der Waals surface area (Å²) in [5, 5.41) is 14.9. The number of hydrogen-bond donors (Lipinski definition) is 3. The Labute approximate surface area is 168 Å². The molecule has 2 aromatic carbocycles. The second-order valence-corrected chi connectivity index (χ2v) is 7.14. The summed E-state index contributed by atoms with van der Waals surface area (Å²) < 4.78 is 0. The van der Waals surface area contributed by atoms with Crippen LogP contribution in [0.25, 0.3) is 11.3 Å². The van der Waals surface area contributed by atoms with Gasteiger partial charge in [0.1, 0.15) is 17.2 Å². The molecule has 3 N–H and O–H groups in total. The molecular weight excluding hydrogens is 368 g/mol. The maximum Gasteiger partial charge on any atom is 0.328 e. The number of nitrogens with zero attached hydrogens (tertiary/aromatic N) is 2. The summed E-state index contributed by atoms with van der Waals surface area (Å²) in [5.41, 5.74) is 1.40. The number of benzene rings is 2. The van der Waals surface area contributed by atoms with Crippen molar-refractivity contribution in [1.82, 2.24) is 15.3 Å². The van der Waals surface area contributed by atoms with Crippen LogP contribution >= 0.6 is 0 Å². The van der Waals surface area contributed by atoms with Gasteiger partial charge < -0.3 is 15.7 Å². The zero-order valence-corrected chi connectivity index (χ0v) is 16.4. The third kappa shape index (κ3) is 4.95. The summed E-state index contributed by atoms with van der Waals surface area (Å²) in [4.78, 5) is 32.6. The molecule has 0 saturated carbocycles. The number of rotatable bonds is 6. The number of aryl methyl sites for hydroxylation is 1. The molecule has 0 aliphatic carbocycles. The smallest absolute Gasteiger partial charge is 0.328 e. The van der Waals surface area contributed by atoms with Gasteiger partial charge in [-0.25, -0.2) is 14.8 Å². The van der Waals surface area contributed by atoms with Gasteiger partial charge >= 0.3 is 5.97 Å².